The van der Waals surface area contributed by atoms with E-state index in [2.05, 4.69) is 0 Å². The molecule has 1 N–H and O–H groups in total. The number of likely N-dealkylation sites (tertiary alicyclic amines) is 1. The molecule has 1 amide bonds. The van der Waals surface area contributed by atoms with Crippen molar-refractivity contribution in [3.05, 3.63) is 0 Å². The van der Waals surface area contributed by atoms with Gasteiger partial charge in [0, 0.05) is 6.54 Å². The van der Waals surface area contributed by atoms with E-state index in [-0.39, 0.29) is 12.5 Å². The van der Waals surface area contributed by atoms with Crippen molar-refractivity contribution in [2.75, 3.05) is 6.54 Å². The Morgan fingerprint density at radius 2 is 2.24 bits per heavy atom. The molecule has 1 fully saturated rings. The number of piperidine rings is 1. The van der Waals surface area contributed by atoms with E-state index >= 15 is 0 Å². The minimum absolute atomic E-state index is 0.232. The zero-order valence-corrected chi connectivity index (χ0v) is 10.6. The van der Waals surface area contributed by atoms with Crippen LogP contribution in [0, 0.1) is 11.3 Å². The van der Waals surface area contributed by atoms with Crippen molar-refractivity contribution in [3.63, 3.8) is 0 Å². The Labute approximate surface area is 102 Å². The van der Waals surface area contributed by atoms with E-state index in [0.717, 1.165) is 0 Å². The van der Waals surface area contributed by atoms with Crippen LogP contribution in [0.5, 0.6) is 0 Å². The average Bonchev–Trinajstić information content (AvgIpc) is 2.15. The number of aliphatic hydroxyl groups excluding tert-OH is 1. The number of aliphatic hydroxyl groups is 1. The van der Waals surface area contributed by atoms with Crippen LogP contribution in [0.3, 0.4) is 0 Å². The highest BCUT2D eigenvalue weighted by Gasteiger charge is 2.33. The summed E-state index contributed by atoms with van der Waals surface area (Å²) in [5, 5.41) is 18.3. The molecule has 5 heteroatoms. The summed E-state index contributed by atoms with van der Waals surface area (Å²) >= 11 is 0. The third kappa shape index (κ3) is 4.23. The third-order valence-electron chi connectivity index (χ3n) is 2.64. The molecule has 0 aromatic carbocycles. The lowest BCUT2D eigenvalue weighted by Gasteiger charge is -2.37. The molecule has 0 aromatic heterocycles. The minimum atomic E-state index is -0.537. The minimum Gasteiger partial charge on any atom is -0.444 e. The van der Waals surface area contributed by atoms with Crippen molar-refractivity contribution in [1.29, 1.82) is 5.26 Å². The van der Waals surface area contributed by atoms with Crippen LogP contribution in [0.4, 0.5) is 4.79 Å². The molecule has 1 aliphatic rings. The summed E-state index contributed by atoms with van der Waals surface area (Å²) in [6.07, 6.45) is 0.404. The van der Waals surface area contributed by atoms with E-state index < -0.39 is 17.8 Å². The topological polar surface area (TPSA) is 73.6 Å². The SMILES string of the molecule is CC(C)(C)OC(=O)N1CCC(O)CC1CC#N. The summed E-state index contributed by atoms with van der Waals surface area (Å²) in [6, 6.07) is 1.81. The predicted octanol–water partition coefficient (Wildman–Crippen LogP) is 1.66. The first-order chi connectivity index (χ1) is 7.83. The number of nitrogens with zero attached hydrogens (tertiary/aromatic N) is 2. The smallest absolute Gasteiger partial charge is 0.410 e. The van der Waals surface area contributed by atoms with Crippen molar-refractivity contribution >= 4 is 6.09 Å². The molecule has 2 atom stereocenters. The average molecular weight is 240 g/mol. The van der Waals surface area contributed by atoms with Gasteiger partial charge in [0.15, 0.2) is 0 Å². The highest BCUT2D eigenvalue weighted by atomic mass is 16.6. The lowest BCUT2D eigenvalue weighted by molar-refractivity contribution is -0.00695. The van der Waals surface area contributed by atoms with Gasteiger partial charge >= 0.3 is 6.09 Å². The molecule has 0 aromatic rings. The molecular weight excluding hydrogens is 220 g/mol. The number of amides is 1. The second kappa shape index (κ2) is 5.37. The highest BCUT2D eigenvalue weighted by Crippen LogP contribution is 2.22. The maximum absolute atomic E-state index is 11.9. The van der Waals surface area contributed by atoms with Crippen molar-refractivity contribution in [3.8, 4) is 6.07 Å². The van der Waals surface area contributed by atoms with Crippen molar-refractivity contribution in [2.24, 2.45) is 0 Å². The van der Waals surface area contributed by atoms with Crippen LogP contribution in [-0.4, -0.2) is 40.4 Å². The number of hydrogen-bond donors (Lipinski definition) is 1. The van der Waals surface area contributed by atoms with Gasteiger partial charge in [-0.1, -0.05) is 0 Å². The second-order valence-electron chi connectivity index (χ2n) is 5.37. The zero-order chi connectivity index (χ0) is 13.1. The Morgan fingerprint density at radius 3 is 2.76 bits per heavy atom. The monoisotopic (exact) mass is 240 g/mol. The van der Waals surface area contributed by atoms with Gasteiger partial charge < -0.3 is 14.7 Å². The van der Waals surface area contributed by atoms with Crippen LogP contribution in [0.15, 0.2) is 0 Å². The zero-order valence-electron chi connectivity index (χ0n) is 10.6. The van der Waals surface area contributed by atoms with Crippen LogP contribution >= 0.6 is 0 Å². The number of ether oxygens (including phenoxy) is 1. The van der Waals surface area contributed by atoms with E-state index in [1.807, 2.05) is 26.8 Å². The molecule has 1 heterocycles. The molecule has 0 spiro atoms. The van der Waals surface area contributed by atoms with E-state index in [4.69, 9.17) is 10.00 Å². The van der Waals surface area contributed by atoms with Gasteiger partial charge in [0.25, 0.3) is 0 Å². The van der Waals surface area contributed by atoms with Gasteiger partial charge in [-0.3, -0.25) is 0 Å². The molecule has 17 heavy (non-hydrogen) atoms. The van der Waals surface area contributed by atoms with Gasteiger partial charge in [-0.2, -0.15) is 5.26 Å². The van der Waals surface area contributed by atoms with Crippen molar-refractivity contribution < 1.29 is 14.6 Å². The lowest BCUT2D eigenvalue weighted by atomic mass is 9.98. The number of rotatable bonds is 1. The summed E-state index contributed by atoms with van der Waals surface area (Å²) < 4.78 is 5.28. The van der Waals surface area contributed by atoms with Crippen molar-refractivity contribution in [2.45, 2.75) is 57.8 Å². The third-order valence-corrected chi connectivity index (χ3v) is 2.64. The Kier molecular flexibility index (Phi) is 4.35. The largest absolute Gasteiger partial charge is 0.444 e. The first-order valence-electron chi connectivity index (χ1n) is 5.88. The van der Waals surface area contributed by atoms with Gasteiger partial charge in [-0.25, -0.2) is 4.79 Å². The normalized spacial score (nSPS) is 25.2. The number of nitriles is 1. The first kappa shape index (κ1) is 13.8. The molecule has 1 aliphatic heterocycles. The van der Waals surface area contributed by atoms with Crippen LogP contribution in [0.25, 0.3) is 0 Å². The van der Waals surface area contributed by atoms with Gasteiger partial charge in [0.2, 0.25) is 0 Å². The fraction of sp³-hybridized carbons (Fsp3) is 0.833. The summed E-state index contributed by atoms with van der Waals surface area (Å²) in [5.41, 5.74) is -0.537. The molecule has 1 saturated heterocycles. The molecule has 0 radical (unpaired) electrons. The maximum Gasteiger partial charge on any atom is 0.410 e. The van der Waals surface area contributed by atoms with Crippen LogP contribution in [0.1, 0.15) is 40.0 Å². The molecule has 0 saturated carbocycles. The Morgan fingerprint density at radius 1 is 1.59 bits per heavy atom. The van der Waals surface area contributed by atoms with Crippen LogP contribution < -0.4 is 0 Å². The van der Waals surface area contributed by atoms with Crippen molar-refractivity contribution in [1.82, 2.24) is 4.90 Å². The number of carbonyl (C=O) groups excluding carboxylic acids is 1. The molecule has 1 rings (SSSR count). The standard InChI is InChI=1S/C12H20N2O3/c1-12(2,3)17-11(16)14-7-5-10(15)8-9(14)4-6-13/h9-10,15H,4-5,7-8H2,1-3H3. The molecular formula is C12H20N2O3. The molecule has 2 unspecified atom stereocenters. The Balaban J connectivity index is 2.66. The van der Waals surface area contributed by atoms with E-state index in [0.29, 0.717) is 19.4 Å². The first-order valence-corrected chi connectivity index (χ1v) is 5.88. The fourth-order valence-electron chi connectivity index (χ4n) is 1.89. The van der Waals surface area contributed by atoms with Crippen LogP contribution in [0.2, 0.25) is 0 Å². The van der Waals surface area contributed by atoms with E-state index in [1.165, 1.54) is 0 Å². The van der Waals surface area contributed by atoms with Crippen LogP contribution in [-0.2, 0) is 4.74 Å². The maximum atomic E-state index is 11.9. The van der Waals surface area contributed by atoms with E-state index in [1.54, 1.807) is 4.90 Å². The molecule has 5 nitrogen and oxygen atoms in total. The molecule has 0 aliphatic carbocycles. The van der Waals surface area contributed by atoms with Gasteiger partial charge in [0.1, 0.15) is 5.60 Å². The summed E-state index contributed by atoms with van der Waals surface area (Å²) in [6.45, 7) is 5.87. The highest BCUT2D eigenvalue weighted by molar-refractivity contribution is 5.68. The number of hydrogen-bond acceptors (Lipinski definition) is 4. The quantitative estimate of drug-likeness (QED) is 0.756. The Hall–Kier alpha value is -1.28. The molecule has 96 valence electrons. The van der Waals surface area contributed by atoms with Gasteiger partial charge in [-0.15, -0.1) is 0 Å². The fourth-order valence-corrected chi connectivity index (χ4v) is 1.89. The summed E-state index contributed by atoms with van der Waals surface area (Å²) in [7, 11) is 0. The number of carbonyl (C=O) groups is 1. The Bertz CT molecular complexity index is 317. The van der Waals surface area contributed by atoms with Gasteiger partial charge in [0.05, 0.1) is 24.6 Å². The van der Waals surface area contributed by atoms with Gasteiger partial charge in [-0.05, 0) is 33.6 Å². The predicted molar refractivity (Wildman–Crippen MR) is 62.2 cm³/mol. The summed E-state index contributed by atoms with van der Waals surface area (Å²) in [5.74, 6) is 0. The molecule has 0 bridgehead atoms. The lowest BCUT2D eigenvalue weighted by Crippen LogP contribution is -2.49. The van der Waals surface area contributed by atoms with E-state index in [9.17, 15) is 9.90 Å². The second-order valence-corrected chi connectivity index (χ2v) is 5.37. The summed E-state index contributed by atoms with van der Waals surface area (Å²) in [4.78, 5) is 13.5.